The molecule has 0 aromatic rings. The van der Waals surface area contributed by atoms with Crippen molar-refractivity contribution in [3.8, 4) is 0 Å². The van der Waals surface area contributed by atoms with Gasteiger partial charge >= 0.3 is 6.03 Å². The van der Waals surface area contributed by atoms with Gasteiger partial charge in [-0.15, -0.1) is 0 Å². The van der Waals surface area contributed by atoms with E-state index in [2.05, 4.69) is 17.1 Å². The molecule has 5 heteroatoms. The molecule has 2 N–H and O–H groups in total. The number of amides is 2. The third-order valence-electron chi connectivity index (χ3n) is 5.91. The summed E-state index contributed by atoms with van der Waals surface area (Å²) < 4.78 is 0. The molecule has 2 unspecified atom stereocenters. The van der Waals surface area contributed by atoms with Gasteiger partial charge < -0.3 is 15.3 Å². The van der Waals surface area contributed by atoms with Crippen LogP contribution in [0.4, 0.5) is 4.79 Å². The van der Waals surface area contributed by atoms with Gasteiger partial charge in [-0.1, -0.05) is 0 Å². The van der Waals surface area contributed by atoms with E-state index >= 15 is 0 Å². The van der Waals surface area contributed by atoms with Crippen molar-refractivity contribution in [2.75, 3.05) is 20.2 Å². The summed E-state index contributed by atoms with van der Waals surface area (Å²) in [5.41, 5.74) is 0. The van der Waals surface area contributed by atoms with E-state index < -0.39 is 0 Å². The number of nitrogens with one attached hydrogen (secondary N) is 1. The van der Waals surface area contributed by atoms with Crippen LogP contribution in [-0.2, 0) is 0 Å². The Morgan fingerprint density at radius 1 is 1.23 bits per heavy atom. The van der Waals surface area contributed by atoms with Crippen LogP contribution in [0.5, 0.6) is 0 Å². The van der Waals surface area contributed by atoms with Gasteiger partial charge in [-0.2, -0.15) is 0 Å². The number of likely N-dealkylation sites (tertiary alicyclic amines) is 1. The number of carbonyl (C=O) groups excluding carboxylic acids is 1. The molecule has 1 aliphatic heterocycles. The highest BCUT2D eigenvalue weighted by Gasteiger charge is 2.39. The molecule has 2 saturated carbocycles. The first-order valence-electron chi connectivity index (χ1n) is 8.98. The Morgan fingerprint density at radius 3 is 2.50 bits per heavy atom. The molecule has 1 heterocycles. The molecule has 3 fully saturated rings. The molecular formula is C17H31N3O2. The molecule has 2 atom stereocenters. The van der Waals surface area contributed by atoms with Crippen LogP contribution in [0.15, 0.2) is 0 Å². The van der Waals surface area contributed by atoms with Gasteiger partial charge in [-0.25, -0.2) is 4.79 Å². The Morgan fingerprint density at radius 2 is 1.91 bits per heavy atom. The van der Waals surface area contributed by atoms with E-state index in [-0.39, 0.29) is 6.03 Å². The van der Waals surface area contributed by atoms with E-state index in [0.29, 0.717) is 30.7 Å². The fourth-order valence-corrected chi connectivity index (χ4v) is 4.23. The lowest BCUT2D eigenvalue weighted by Crippen LogP contribution is -2.49. The highest BCUT2D eigenvalue weighted by molar-refractivity contribution is 5.74. The van der Waals surface area contributed by atoms with Crippen molar-refractivity contribution in [1.29, 1.82) is 0 Å². The van der Waals surface area contributed by atoms with Gasteiger partial charge in [0.15, 0.2) is 0 Å². The standard InChI is InChI=1S/C17H31N3O2/c1-12-9-14(10-20(12)16-7-8-16)18-17(22)19(2)15-5-3-13(11-21)4-6-15/h12-16,21H,3-11H2,1-2H3,(H,18,22). The Bertz CT molecular complexity index is 391. The van der Waals surface area contributed by atoms with Gasteiger partial charge in [0.25, 0.3) is 0 Å². The molecular weight excluding hydrogens is 278 g/mol. The maximum atomic E-state index is 12.5. The van der Waals surface area contributed by atoms with Crippen LogP contribution in [0.25, 0.3) is 0 Å². The minimum absolute atomic E-state index is 0.0855. The summed E-state index contributed by atoms with van der Waals surface area (Å²) in [5, 5.41) is 12.5. The summed E-state index contributed by atoms with van der Waals surface area (Å²) in [4.78, 5) is 17.0. The SMILES string of the molecule is CC1CC(NC(=O)N(C)C2CCC(CO)CC2)CN1C1CC1. The third-order valence-corrected chi connectivity index (χ3v) is 5.91. The van der Waals surface area contributed by atoms with Gasteiger partial charge in [0, 0.05) is 44.4 Å². The molecule has 0 aromatic carbocycles. The molecule has 3 aliphatic rings. The van der Waals surface area contributed by atoms with Crippen molar-refractivity contribution < 1.29 is 9.90 Å². The van der Waals surface area contributed by atoms with E-state index in [0.717, 1.165) is 44.7 Å². The number of hydrogen-bond acceptors (Lipinski definition) is 3. The normalized spacial score (nSPS) is 36.3. The van der Waals surface area contributed by atoms with Crippen LogP contribution in [0.1, 0.15) is 51.9 Å². The van der Waals surface area contributed by atoms with Gasteiger partial charge in [-0.05, 0) is 57.8 Å². The molecule has 2 aliphatic carbocycles. The highest BCUT2D eigenvalue weighted by Crippen LogP contribution is 2.33. The Balaban J connectivity index is 1.45. The van der Waals surface area contributed by atoms with E-state index in [1.54, 1.807) is 0 Å². The smallest absolute Gasteiger partial charge is 0.317 e. The summed E-state index contributed by atoms with van der Waals surface area (Å²) >= 11 is 0. The lowest BCUT2D eigenvalue weighted by Gasteiger charge is -2.34. The minimum Gasteiger partial charge on any atom is -0.396 e. The van der Waals surface area contributed by atoms with Crippen LogP contribution >= 0.6 is 0 Å². The quantitative estimate of drug-likeness (QED) is 0.832. The number of nitrogens with zero attached hydrogens (tertiary/aromatic N) is 2. The van der Waals surface area contributed by atoms with Gasteiger partial charge in [0.1, 0.15) is 0 Å². The molecule has 0 aromatic heterocycles. The number of aliphatic hydroxyl groups is 1. The highest BCUT2D eigenvalue weighted by atomic mass is 16.3. The summed E-state index contributed by atoms with van der Waals surface area (Å²) in [6.45, 7) is 3.59. The topological polar surface area (TPSA) is 55.8 Å². The summed E-state index contributed by atoms with van der Waals surface area (Å²) in [7, 11) is 1.93. The van der Waals surface area contributed by atoms with E-state index in [1.807, 2.05) is 11.9 Å². The maximum Gasteiger partial charge on any atom is 0.317 e. The number of carbonyl (C=O) groups is 1. The number of rotatable bonds is 4. The molecule has 0 spiro atoms. The van der Waals surface area contributed by atoms with Gasteiger partial charge in [0.2, 0.25) is 0 Å². The molecule has 126 valence electrons. The zero-order valence-electron chi connectivity index (χ0n) is 14.0. The second-order valence-electron chi connectivity index (χ2n) is 7.63. The van der Waals surface area contributed by atoms with E-state index in [4.69, 9.17) is 0 Å². The molecule has 2 amide bonds. The van der Waals surface area contributed by atoms with Crippen LogP contribution < -0.4 is 5.32 Å². The largest absolute Gasteiger partial charge is 0.396 e. The first-order chi connectivity index (χ1) is 10.6. The molecule has 3 rings (SSSR count). The van der Waals surface area contributed by atoms with Crippen LogP contribution in [-0.4, -0.2) is 65.3 Å². The van der Waals surface area contributed by atoms with Crippen molar-refractivity contribution >= 4 is 6.03 Å². The number of urea groups is 1. The van der Waals surface area contributed by atoms with Crippen LogP contribution in [0.3, 0.4) is 0 Å². The minimum atomic E-state index is 0.0855. The predicted molar refractivity (Wildman–Crippen MR) is 86.7 cm³/mol. The average molecular weight is 309 g/mol. The maximum absolute atomic E-state index is 12.5. The molecule has 0 bridgehead atoms. The summed E-state index contributed by atoms with van der Waals surface area (Å²) in [6.07, 6.45) is 7.85. The molecule has 5 nitrogen and oxygen atoms in total. The average Bonchev–Trinajstić information content (AvgIpc) is 3.30. The number of hydrogen-bond donors (Lipinski definition) is 2. The predicted octanol–water partition coefficient (Wildman–Crippen LogP) is 1.80. The van der Waals surface area contributed by atoms with E-state index in [9.17, 15) is 9.90 Å². The van der Waals surface area contributed by atoms with Gasteiger partial charge in [-0.3, -0.25) is 4.90 Å². The first-order valence-corrected chi connectivity index (χ1v) is 8.98. The first kappa shape index (κ1) is 16.1. The Kier molecular flexibility index (Phi) is 4.93. The van der Waals surface area contributed by atoms with Crippen molar-refractivity contribution in [2.24, 2.45) is 5.92 Å². The second-order valence-corrected chi connectivity index (χ2v) is 7.63. The third kappa shape index (κ3) is 3.57. The number of aliphatic hydroxyl groups excluding tert-OH is 1. The summed E-state index contributed by atoms with van der Waals surface area (Å²) in [6, 6.07) is 2.11. The molecule has 1 saturated heterocycles. The van der Waals surface area contributed by atoms with Crippen LogP contribution in [0.2, 0.25) is 0 Å². The van der Waals surface area contributed by atoms with Crippen molar-refractivity contribution in [1.82, 2.24) is 15.1 Å². The Hall–Kier alpha value is -0.810. The van der Waals surface area contributed by atoms with Crippen molar-refractivity contribution in [3.63, 3.8) is 0 Å². The van der Waals surface area contributed by atoms with Crippen molar-refractivity contribution in [2.45, 2.75) is 76.0 Å². The fourth-order valence-electron chi connectivity index (χ4n) is 4.23. The monoisotopic (exact) mass is 309 g/mol. The lowest BCUT2D eigenvalue weighted by atomic mass is 9.86. The fraction of sp³-hybridized carbons (Fsp3) is 0.941. The molecule has 0 radical (unpaired) electrons. The van der Waals surface area contributed by atoms with Gasteiger partial charge in [0.05, 0.1) is 0 Å². The zero-order chi connectivity index (χ0) is 15.7. The second kappa shape index (κ2) is 6.75. The van der Waals surface area contributed by atoms with Crippen LogP contribution in [0, 0.1) is 5.92 Å². The molecule has 22 heavy (non-hydrogen) atoms. The zero-order valence-corrected chi connectivity index (χ0v) is 14.0. The Labute approximate surface area is 134 Å². The summed E-state index contributed by atoms with van der Waals surface area (Å²) in [5.74, 6) is 0.440. The lowest BCUT2D eigenvalue weighted by molar-refractivity contribution is 0.132. The van der Waals surface area contributed by atoms with Crippen molar-refractivity contribution in [3.05, 3.63) is 0 Å². The van der Waals surface area contributed by atoms with E-state index in [1.165, 1.54) is 12.8 Å².